The Morgan fingerprint density at radius 3 is 1.56 bits per heavy atom. The molecule has 0 aliphatic rings. The lowest BCUT2D eigenvalue weighted by molar-refractivity contribution is -0.131. The van der Waals surface area contributed by atoms with Crippen molar-refractivity contribution in [3.63, 3.8) is 0 Å². The molecule has 6 nitrogen and oxygen atoms in total. The van der Waals surface area contributed by atoms with Crippen LogP contribution in [0.25, 0.3) is 0 Å². The van der Waals surface area contributed by atoms with E-state index < -0.39 is 12.1 Å². The summed E-state index contributed by atoms with van der Waals surface area (Å²) in [6.07, 6.45) is 13.1. The number of hydrogen-bond donors (Lipinski definition) is 4. The summed E-state index contributed by atoms with van der Waals surface area (Å²) in [6.45, 7) is 15.1. The molecule has 0 bridgehead atoms. The molecule has 5 atom stereocenters. The SMILES string of the molecule is CCCCC(CC)CNC(=O)CC(CC(O)NCC(CC)CCCC)C(=O)NCC(CC)CCCC. The summed E-state index contributed by atoms with van der Waals surface area (Å²) in [7, 11) is 0. The Labute approximate surface area is 223 Å². The molecule has 6 heteroatoms. The Morgan fingerprint density at radius 2 is 1.11 bits per heavy atom. The fourth-order valence-electron chi connectivity index (χ4n) is 4.71. The highest BCUT2D eigenvalue weighted by Gasteiger charge is 2.26. The first kappa shape index (κ1) is 34.9. The fraction of sp³-hybridized carbons (Fsp3) is 0.933. The smallest absolute Gasteiger partial charge is 0.223 e. The average molecular weight is 512 g/mol. The Bertz CT molecular complexity index is 544. The van der Waals surface area contributed by atoms with Gasteiger partial charge in [0.2, 0.25) is 11.8 Å². The second-order valence-electron chi connectivity index (χ2n) is 10.9. The third-order valence-corrected chi connectivity index (χ3v) is 7.74. The molecule has 0 heterocycles. The lowest BCUT2D eigenvalue weighted by Gasteiger charge is -2.24. The molecule has 0 fully saturated rings. The highest BCUT2D eigenvalue weighted by atomic mass is 16.3. The zero-order chi connectivity index (χ0) is 27.2. The van der Waals surface area contributed by atoms with Crippen LogP contribution in [0.15, 0.2) is 0 Å². The molecular formula is C30H61N3O3. The number of aliphatic hydroxyl groups excluding tert-OH is 1. The molecule has 214 valence electrons. The van der Waals surface area contributed by atoms with Crippen molar-refractivity contribution in [2.75, 3.05) is 19.6 Å². The third kappa shape index (κ3) is 17.3. The topological polar surface area (TPSA) is 90.5 Å². The van der Waals surface area contributed by atoms with Crippen molar-refractivity contribution in [3.05, 3.63) is 0 Å². The van der Waals surface area contributed by atoms with Crippen LogP contribution >= 0.6 is 0 Å². The van der Waals surface area contributed by atoms with Crippen LogP contribution < -0.4 is 16.0 Å². The molecule has 0 aromatic rings. The summed E-state index contributed by atoms with van der Waals surface area (Å²) in [6, 6.07) is 0. The van der Waals surface area contributed by atoms with E-state index in [0.29, 0.717) is 30.8 Å². The van der Waals surface area contributed by atoms with E-state index >= 15 is 0 Å². The first-order valence-electron chi connectivity index (χ1n) is 15.3. The van der Waals surface area contributed by atoms with E-state index in [2.05, 4.69) is 57.5 Å². The van der Waals surface area contributed by atoms with E-state index in [1.54, 1.807) is 0 Å². The Morgan fingerprint density at radius 1 is 0.667 bits per heavy atom. The standard InChI is InChI=1S/C30H61N3O3/c1-7-13-16-24(10-4)21-31-28(34)19-27(30(36)33-23-26(12-6)18-15-9-3)20-29(35)32-22-25(11-5)17-14-8-2/h24-28,31,34H,7-23H2,1-6H3,(H,32,35)(H,33,36). The molecule has 0 saturated carbocycles. The van der Waals surface area contributed by atoms with Crippen molar-refractivity contribution < 1.29 is 14.7 Å². The average Bonchev–Trinajstić information content (AvgIpc) is 2.88. The Kier molecular flexibility index (Phi) is 22.3. The third-order valence-electron chi connectivity index (χ3n) is 7.74. The first-order chi connectivity index (χ1) is 17.3. The van der Waals surface area contributed by atoms with E-state index in [-0.39, 0.29) is 24.7 Å². The molecule has 36 heavy (non-hydrogen) atoms. The van der Waals surface area contributed by atoms with Gasteiger partial charge < -0.3 is 15.7 Å². The van der Waals surface area contributed by atoms with Gasteiger partial charge in [-0.3, -0.25) is 14.9 Å². The monoisotopic (exact) mass is 511 g/mol. The second kappa shape index (κ2) is 23.0. The number of amides is 2. The van der Waals surface area contributed by atoms with Gasteiger partial charge in [0.15, 0.2) is 0 Å². The first-order valence-corrected chi connectivity index (χ1v) is 15.3. The molecule has 0 aliphatic heterocycles. The zero-order valence-corrected chi connectivity index (χ0v) is 24.7. The van der Waals surface area contributed by atoms with Gasteiger partial charge in [-0.15, -0.1) is 0 Å². The van der Waals surface area contributed by atoms with Crippen molar-refractivity contribution in [1.29, 1.82) is 0 Å². The number of nitrogens with one attached hydrogen (secondary N) is 3. The minimum absolute atomic E-state index is 0.0929. The molecule has 2 amide bonds. The lowest BCUT2D eigenvalue weighted by Crippen LogP contribution is -2.42. The molecule has 0 saturated heterocycles. The van der Waals surface area contributed by atoms with Crippen molar-refractivity contribution in [2.45, 2.75) is 138 Å². The summed E-state index contributed by atoms with van der Waals surface area (Å²) in [4.78, 5) is 26.0. The number of hydrogen-bond acceptors (Lipinski definition) is 4. The van der Waals surface area contributed by atoms with Crippen LogP contribution in [0, 0.1) is 23.7 Å². The van der Waals surface area contributed by atoms with Gasteiger partial charge in [-0.2, -0.15) is 0 Å². The summed E-state index contributed by atoms with van der Waals surface area (Å²) in [5, 5.41) is 20.1. The number of carbonyl (C=O) groups excluding carboxylic acids is 2. The van der Waals surface area contributed by atoms with Crippen molar-refractivity contribution >= 4 is 11.8 Å². The maximum atomic E-state index is 13.1. The van der Waals surface area contributed by atoms with Gasteiger partial charge >= 0.3 is 0 Å². The molecule has 0 aliphatic carbocycles. The van der Waals surface area contributed by atoms with Crippen LogP contribution in [0.3, 0.4) is 0 Å². The molecule has 4 N–H and O–H groups in total. The van der Waals surface area contributed by atoms with Crippen molar-refractivity contribution in [2.24, 2.45) is 23.7 Å². The molecular weight excluding hydrogens is 450 g/mol. The van der Waals surface area contributed by atoms with Crippen LogP contribution in [0.2, 0.25) is 0 Å². The van der Waals surface area contributed by atoms with Crippen LogP contribution in [0.5, 0.6) is 0 Å². The molecule has 0 aromatic heterocycles. The van der Waals surface area contributed by atoms with Crippen LogP contribution in [-0.4, -0.2) is 42.8 Å². The van der Waals surface area contributed by atoms with Gasteiger partial charge in [0.1, 0.15) is 6.23 Å². The number of unbranched alkanes of at least 4 members (excludes halogenated alkanes) is 3. The largest absolute Gasteiger partial charge is 0.379 e. The maximum Gasteiger partial charge on any atom is 0.223 e. The highest BCUT2D eigenvalue weighted by Crippen LogP contribution is 2.17. The van der Waals surface area contributed by atoms with E-state index in [4.69, 9.17) is 0 Å². The quantitative estimate of drug-likeness (QED) is 0.117. The van der Waals surface area contributed by atoms with E-state index in [9.17, 15) is 14.7 Å². The zero-order valence-electron chi connectivity index (χ0n) is 24.7. The predicted molar refractivity (Wildman–Crippen MR) is 153 cm³/mol. The van der Waals surface area contributed by atoms with Gasteiger partial charge in [0, 0.05) is 26.1 Å². The van der Waals surface area contributed by atoms with Gasteiger partial charge in [0.25, 0.3) is 0 Å². The molecule has 5 unspecified atom stereocenters. The van der Waals surface area contributed by atoms with E-state index in [1.165, 1.54) is 19.3 Å². The molecule has 0 aromatic carbocycles. The van der Waals surface area contributed by atoms with Gasteiger partial charge in [0.05, 0.1) is 5.92 Å². The molecule has 0 radical (unpaired) electrons. The number of aliphatic hydroxyl groups is 1. The van der Waals surface area contributed by atoms with Gasteiger partial charge in [-0.05, 0) is 43.4 Å². The summed E-state index contributed by atoms with van der Waals surface area (Å²) in [5.74, 6) is 0.711. The predicted octanol–water partition coefficient (Wildman–Crippen LogP) is 6.17. The van der Waals surface area contributed by atoms with Crippen molar-refractivity contribution in [1.82, 2.24) is 16.0 Å². The van der Waals surface area contributed by atoms with Crippen LogP contribution in [0.4, 0.5) is 0 Å². The van der Waals surface area contributed by atoms with Crippen LogP contribution in [-0.2, 0) is 9.59 Å². The number of rotatable bonds is 24. The second-order valence-corrected chi connectivity index (χ2v) is 10.9. The summed E-state index contributed by atoms with van der Waals surface area (Å²) in [5.41, 5.74) is 0. The summed E-state index contributed by atoms with van der Waals surface area (Å²) < 4.78 is 0. The van der Waals surface area contributed by atoms with E-state index in [1.807, 2.05) is 0 Å². The Balaban J connectivity index is 5.03. The van der Waals surface area contributed by atoms with E-state index in [0.717, 1.165) is 64.3 Å². The fourth-order valence-corrected chi connectivity index (χ4v) is 4.71. The Hall–Kier alpha value is -1.14. The van der Waals surface area contributed by atoms with Gasteiger partial charge in [-0.25, -0.2) is 0 Å². The normalized spacial score (nSPS) is 15.6. The van der Waals surface area contributed by atoms with Crippen molar-refractivity contribution in [3.8, 4) is 0 Å². The summed E-state index contributed by atoms with van der Waals surface area (Å²) >= 11 is 0. The number of carbonyl (C=O) groups is 2. The highest BCUT2D eigenvalue weighted by molar-refractivity contribution is 5.85. The minimum Gasteiger partial charge on any atom is -0.379 e. The van der Waals surface area contributed by atoms with Gasteiger partial charge in [-0.1, -0.05) is 99.3 Å². The molecule has 0 spiro atoms. The minimum atomic E-state index is -0.792. The molecule has 0 rings (SSSR count). The van der Waals surface area contributed by atoms with Crippen LogP contribution in [0.1, 0.15) is 131 Å². The lowest BCUT2D eigenvalue weighted by atomic mass is 9.95. The maximum absolute atomic E-state index is 13.1.